The first-order valence-electron chi connectivity index (χ1n) is 7.30. The molecule has 0 N–H and O–H groups in total. The summed E-state index contributed by atoms with van der Waals surface area (Å²) in [6.45, 7) is 4.57. The summed E-state index contributed by atoms with van der Waals surface area (Å²) in [6.07, 6.45) is 1.64. The third kappa shape index (κ3) is 7.91. The standard InChI is InChI=1S/C16H19Cl3O4/c1-10(2)4-3-7-22-14(20)5-6-15(21)23-13-9-11(17)8-12(18)16(13)19/h8-10H,3-7H2,1-2H3. The third-order valence-electron chi connectivity index (χ3n) is 2.91. The van der Waals surface area contributed by atoms with Crippen molar-refractivity contribution in [3.8, 4) is 5.75 Å². The lowest BCUT2D eigenvalue weighted by atomic mass is 10.1. The summed E-state index contributed by atoms with van der Waals surface area (Å²) < 4.78 is 10.1. The molecule has 128 valence electrons. The van der Waals surface area contributed by atoms with Crippen molar-refractivity contribution >= 4 is 46.7 Å². The summed E-state index contributed by atoms with van der Waals surface area (Å²) in [6, 6.07) is 2.83. The van der Waals surface area contributed by atoms with Gasteiger partial charge in [-0.15, -0.1) is 0 Å². The molecule has 1 aromatic carbocycles. The van der Waals surface area contributed by atoms with E-state index in [1.165, 1.54) is 12.1 Å². The molecule has 0 spiro atoms. The second kappa shape index (κ2) is 10.0. The number of carbonyl (C=O) groups is 2. The average Bonchev–Trinajstić information content (AvgIpc) is 2.46. The molecule has 0 radical (unpaired) electrons. The highest BCUT2D eigenvalue weighted by molar-refractivity contribution is 6.44. The SMILES string of the molecule is CC(C)CCCOC(=O)CCC(=O)Oc1cc(Cl)cc(Cl)c1Cl. The Hall–Kier alpha value is -0.970. The second-order valence-corrected chi connectivity index (χ2v) is 6.65. The minimum absolute atomic E-state index is 0.0492. The van der Waals surface area contributed by atoms with Gasteiger partial charge in [0.1, 0.15) is 5.02 Å². The van der Waals surface area contributed by atoms with Crippen molar-refractivity contribution in [1.82, 2.24) is 0 Å². The number of halogens is 3. The van der Waals surface area contributed by atoms with Crippen molar-refractivity contribution in [3.63, 3.8) is 0 Å². The minimum atomic E-state index is -0.607. The molecular formula is C16H19Cl3O4. The van der Waals surface area contributed by atoms with E-state index < -0.39 is 11.9 Å². The fraction of sp³-hybridized carbons (Fsp3) is 0.500. The molecule has 0 saturated carbocycles. The highest BCUT2D eigenvalue weighted by atomic mass is 35.5. The van der Waals surface area contributed by atoms with E-state index in [2.05, 4.69) is 13.8 Å². The van der Waals surface area contributed by atoms with Crippen LogP contribution in [0.4, 0.5) is 0 Å². The first kappa shape index (κ1) is 20.1. The van der Waals surface area contributed by atoms with Crippen molar-refractivity contribution in [2.75, 3.05) is 6.61 Å². The smallest absolute Gasteiger partial charge is 0.311 e. The molecule has 0 unspecified atom stereocenters. The van der Waals surface area contributed by atoms with Gasteiger partial charge in [0, 0.05) is 11.1 Å². The number of ether oxygens (including phenoxy) is 2. The van der Waals surface area contributed by atoms with Crippen LogP contribution in [0, 0.1) is 5.92 Å². The second-order valence-electron chi connectivity index (χ2n) is 5.43. The van der Waals surface area contributed by atoms with Crippen LogP contribution >= 0.6 is 34.8 Å². The van der Waals surface area contributed by atoms with Crippen LogP contribution in [0.15, 0.2) is 12.1 Å². The molecule has 0 aromatic heterocycles. The largest absolute Gasteiger partial charge is 0.466 e. The van der Waals surface area contributed by atoms with Gasteiger partial charge in [-0.05, 0) is 24.8 Å². The fourth-order valence-electron chi connectivity index (χ4n) is 1.73. The van der Waals surface area contributed by atoms with Gasteiger partial charge in [-0.3, -0.25) is 9.59 Å². The Morgan fingerprint density at radius 2 is 1.74 bits per heavy atom. The van der Waals surface area contributed by atoms with Crippen molar-refractivity contribution < 1.29 is 19.1 Å². The van der Waals surface area contributed by atoms with E-state index in [1.54, 1.807) is 0 Å². The molecule has 1 rings (SSSR count). The predicted molar refractivity (Wildman–Crippen MR) is 91.4 cm³/mol. The van der Waals surface area contributed by atoms with E-state index in [0.29, 0.717) is 17.5 Å². The normalized spacial score (nSPS) is 10.7. The van der Waals surface area contributed by atoms with Crippen LogP contribution < -0.4 is 4.74 Å². The molecule has 0 amide bonds. The Morgan fingerprint density at radius 3 is 2.39 bits per heavy atom. The first-order valence-corrected chi connectivity index (χ1v) is 8.43. The molecule has 4 nitrogen and oxygen atoms in total. The number of esters is 2. The zero-order chi connectivity index (χ0) is 17.4. The van der Waals surface area contributed by atoms with Crippen LogP contribution in [-0.4, -0.2) is 18.5 Å². The lowest BCUT2D eigenvalue weighted by Crippen LogP contribution is -2.13. The van der Waals surface area contributed by atoms with Crippen molar-refractivity contribution in [2.24, 2.45) is 5.92 Å². The summed E-state index contributed by atoms with van der Waals surface area (Å²) >= 11 is 17.6. The van der Waals surface area contributed by atoms with Gasteiger partial charge in [-0.25, -0.2) is 0 Å². The highest BCUT2D eigenvalue weighted by Gasteiger charge is 2.14. The number of hydrogen-bond donors (Lipinski definition) is 0. The first-order chi connectivity index (χ1) is 10.8. The van der Waals surface area contributed by atoms with Gasteiger partial charge >= 0.3 is 11.9 Å². The Labute approximate surface area is 151 Å². The van der Waals surface area contributed by atoms with Crippen LogP contribution in [0.2, 0.25) is 15.1 Å². The van der Waals surface area contributed by atoms with Gasteiger partial charge < -0.3 is 9.47 Å². The zero-order valence-electron chi connectivity index (χ0n) is 13.0. The molecule has 1 aromatic rings. The van der Waals surface area contributed by atoms with Crippen molar-refractivity contribution in [2.45, 2.75) is 39.5 Å². The van der Waals surface area contributed by atoms with Crippen LogP contribution in [0.25, 0.3) is 0 Å². The van der Waals surface area contributed by atoms with Crippen LogP contribution in [0.5, 0.6) is 5.75 Å². The van der Waals surface area contributed by atoms with E-state index in [4.69, 9.17) is 44.3 Å². The van der Waals surface area contributed by atoms with Gasteiger partial charge in [0.15, 0.2) is 5.75 Å². The molecule has 0 bridgehead atoms. The van der Waals surface area contributed by atoms with Gasteiger partial charge in [0.2, 0.25) is 0 Å². The lowest BCUT2D eigenvalue weighted by molar-refractivity contribution is -0.147. The minimum Gasteiger partial charge on any atom is -0.466 e. The van der Waals surface area contributed by atoms with E-state index >= 15 is 0 Å². The summed E-state index contributed by atoms with van der Waals surface area (Å²) in [5.74, 6) is -0.400. The number of rotatable bonds is 8. The van der Waals surface area contributed by atoms with Gasteiger partial charge in [0.05, 0.1) is 24.5 Å². The number of benzene rings is 1. The Morgan fingerprint density at radius 1 is 1.09 bits per heavy atom. The number of hydrogen-bond acceptors (Lipinski definition) is 4. The van der Waals surface area contributed by atoms with E-state index in [0.717, 1.165) is 12.8 Å². The summed E-state index contributed by atoms with van der Waals surface area (Å²) in [7, 11) is 0. The summed E-state index contributed by atoms with van der Waals surface area (Å²) in [4.78, 5) is 23.3. The van der Waals surface area contributed by atoms with Crippen LogP contribution in [0.1, 0.15) is 39.5 Å². The van der Waals surface area contributed by atoms with Crippen molar-refractivity contribution in [1.29, 1.82) is 0 Å². The molecule has 0 aliphatic rings. The molecule has 23 heavy (non-hydrogen) atoms. The summed E-state index contributed by atoms with van der Waals surface area (Å²) in [5, 5.41) is 0.582. The van der Waals surface area contributed by atoms with Gasteiger partial charge in [0.25, 0.3) is 0 Å². The molecule has 0 aliphatic carbocycles. The molecule has 0 aliphatic heterocycles. The van der Waals surface area contributed by atoms with Crippen molar-refractivity contribution in [3.05, 3.63) is 27.2 Å². The van der Waals surface area contributed by atoms with Gasteiger partial charge in [-0.2, -0.15) is 0 Å². The quantitative estimate of drug-likeness (QED) is 0.265. The van der Waals surface area contributed by atoms with Crippen LogP contribution in [0.3, 0.4) is 0 Å². The predicted octanol–water partition coefficient (Wildman–Crippen LogP) is 5.31. The maximum Gasteiger partial charge on any atom is 0.311 e. The molecule has 0 saturated heterocycles. The molecular weight excluding hydrogens is 363 g/mol. The molecule has 7 heteroatoms. The van der Waals surface area contributed by atoms with Gasteiger partial charge in [-0.1, -0.05) is 48.7 Å². The fourth-order valence-corrected chi connectivity index (χ4v) is 2.36. The molecule has 0 heterocycles. The zero-order valence-corrected chi connectivity index (χ0v) is 15.3. The maximum absolute atomic E-state index is 11.7. The molecule has 0 fully saturated rings. The monoisotopic (exact) mass is 380 g/mol. The van der Waals surface area contributed by atoms with E-state index in [9.17, 15) is 9.59 Å². The lowest BCUT2D eigenvalue weighted by Gasteiger charge is -2.08. The highest BCUT2D eigenvalue weighted by Crippen LogP contribution is 2.35. The topological polar surface area (TPSA) is 52.6 Å². The van der Waals surface area contributed by atoms with E-state index in [-0.39, 0.29) is 28.6 Å². The summed E-state index contributed by atoms with van der Waals surface area (Å²) in [5.41, 5.74) is 0. The maximum atomic E-state index is 11.7. The molecule has 0 atom stereocenters. The Kier molecular flexibility index (Phi) is 8.74. The van der Waals surface area contributed by atoms with E-state index in [1.807, 2.05) is 0 Å². The van der Waals surface area contributed by atoms with Crippen LogP contribution in [-0.2, 0) is 14.3 Å². The third-order valence-corrected chi connectivity index (χ3v) is 3.91. The Balaban J connectivity index is 2.36. The average molecular weight is 382 g/mol. The Bertz CT molecular complexity index is 559. The number of carbonyl (C=O) groups excluding carboxylic acids is 2.